The van der Waals surface area contributed by atoms with E-state index in [0.29, 0.717) is 27.8 Å². The summed E-state index contributed by atoms with van der Waals surface area (Å²) in [4.78, 5) is 30.1. The largest absolute Gasteiger partial charge is 0.493 e. The minimum Gasteiger partial charge on any atom is -0.493 e. The zero-order valence-electron chi connectivity index (χ0n) is 21.1. The van der Waals surface area contributed by atoms with Crippen LogP contribution in [-0.2, 0) is 9.53 Å². The third kappa shape index (κ3) is 5.39. The first-order chi connectivity index (χ1) is 18.5. The molecule has 0 radical (unpaired) electrons. The number of hydrogen-bond acceptors (Lipinski definition) is 8. The van der Waals surface area contributed by atoms with Gasteiger partial charge in [0.1, 0.15) is 0 Å². The molecule has 4 rings (SSSR count). The maximum Gasteiger partial charge on any atom is 0.434 e. The van der Waals surface area contributed by atoms with Gasteiger partial charge in [-0.05, 0) is 48.4 Å². The second kappa shape index (κ2) is 11.1. The first-order valence-electron chi connectivity index (χ1n) is 11.4. The number of carbonyl (C=O) groups is 1. The Hall–Kier alpha value is -3.77. The summed E-state index contributed by atoms with van der Waals surface area (Å²) >= 11 is 6.74. The molecule has 0 bridgehead atoms. The summed E-state index contributed by atoms with van der Waals surface area (Å²) in [6, 6.07) is 7.51. The Bertz CT molecular complexity index is 1600. The van der Waals surface area contributed by atoms with Gasteiger partial charge in [-0.25, -0.2) is 9.79 Å². The molecule has 2 aromatic carbocycles. The van der Waals surface area contributed by atoms with Gasteiger partial charge >= 0.3 is 12.1 Å². The van der Waals surface area contributed by atoms with Gasteiger partial charge in [-0.2, -0.15) is 13.2 Å². The number of rotatable bonds is 7. The van der Waals surface area contributed by atoms with E-state index >= 15 is 0 Å². The molecule has 1 aliphatic heterocycles. The SMILES string of the molecule is CCOC(=O)C1=C(C(F)(F)F)N=c2sc(=Cc3cc(OC)c(OC)c(OC)c3)c(=O)n2C1c1ccc(Cl)cc1. The van der Waals surface area contributed by atoms with Gasteiger partial charge in [0.15, 0.2) is 22.0 Å². The maximum absolute atomic E-state index is 14.2. The highest BCUT2D eigenvalue weighted by Crippen LogP contribution is 2.39. The molecule has 0 N–H and O–H groups in total. The molecule has 206 valence electrons. The van der Waals surface area contributed by atoms with Crippen LogP contribution in [0.1, 0.15) is 24.1 Å². The fourth-order valence-corrected chi connectivity index (χ4v) is 5.26. The molecule has 0 aliphatic carbocycles. The highest BCUT2D eigenvalue weighted by molar-refractivity contribution is 7.07. The Morgan fingerprint density at radius 2 is 1.72 bits per heavy atom. The van der Waals surface area contributed by atoms with E-state index in [-0.39, 0.29) is 21.5 Å². The van der Waals surface area contributed by atoms with E-state index in [1.165, 1.54) is 58.6 Å². The lowest BCUT2D eigenvalue weighted by molar-refractivity contribution is -0.140. The van der Waals surface area contributed by atoms with Crippen molar-refractivity contribution in [2.45, 2.75) is 19.1 Å². The highest BCUT2D eigenvalue weighted by atomic mass is 35.5. The van der Waals surface area contributed by atoms with E-state index in [9.17, 15) is 22.8 Å². The van der Waals surface area contributed by atoms with Crippen molar-refractivity contribution in [2.75, 3.05) is 27.9 Å². The zero-order chi connectivity index (χ0) is 28.5. The first kappa shape index (κ1) is 28.2. The molecule has 13 heteroatoms. The minimum atomic E-state index is -5.00. The van der Waals surface area contributed by atoms with Gasteiger partial charge < -0.3 is 18.9 Å². The molecule has 8 nitrogen and oxygen atoms in total. The molecule has 39 heavy (non-hydrogen) atoms. The third-order valence-corrected chi connectivity index (χ3v) is 7.00. The number of alkyl halides is 3. The van der Waals surface area contributed by atoms with Gasteiger partial charge in [0.25, 0.3) is 5.56 Å². The van der Waals surface area contributed by atoms with Crippen molar-refractivity contribution < 1.29 is 36.9 Å². The summed E-state index contributed by atoms with van der Waals surface area (Å²) in [6.45, 7) is 1.29. The van der Waals surface area contributed by atoms with Crippen LogP contribution in [0.25, 0.3) is 6.08 Å². The monoisotopic (exact) mass is 582 g/mol. The second-order valence-corrected chi connectivity index (χ2v) is 9.52. The van der Waals surface area contributed by atoms with Crippen LogP contribution in [0, 0.1) is 0 Å². The van der Waals surface area contributed by atoms with Gasteiger partial charge in [-0.15, -0.1) is 0 Å². The van der Waals surface area contributed by atoms with E-state index in [4.69, 9.17) is 30.5 Å². The third-order valence-electron chi connectivity index (χ3n) is 5.77. The van der Waals surface area contributed by atoms with Gasteiger partial charge in [0.05, 0.1) is 44.1 Å². The molecule has 2 heterocycles. The summed E-state index contributed by atoms with van der Waals surface area (Å²) in [5, 5.41) is 0.325. The summed E-state index contributed by atoms with van der Waals surface area (Å²) in [6.07, 6.45) is -3.53. The fraction of sp³-hybridized carbons (Fsp3) is 0.269. The first-order valence-corrected chi connectivity index (χ1v) is 12.6. The number of benzene rings is 2. The quantitative estimate of drug-likeness (QED) is 0.391. The smallest absolute Gasteiger partial charge is 0.434 e. The molecule has 1 unspecified atom stereocenters. The number of halogens is 4. The molecule has 1 aromatic heterocycles. The molecular formula is C26H22ClF3N2O6S. The predicted molar refractivity (Wildman–Crippen MR) is 138 cm³/mol. The van der Waals surface area contributed by atoms with E-state index in [0.717, 1.165) is 15.9 Å². The van der Waals surface area contributed by atoms with Crippen molar-refractivity contribution in [3.8, 4) is 17.2 Å². The van der Waals surface area contributed by atoms with E-state index < -0.39 is 35.0 Å². The number of nitrogens with zero attached hydrogens (tertiary/aromatic N) is 2. The van der Waals surface area contributed by atoms with Gasteiger partial charge in [0, 0.05) is 5.02 Å². The highest BCUT2D eigenvalue weighted by Gasteiger charge is 2.45. The molecule has 0 spiro atoms. The summed E-state index contributed by atoms with van der Waals surface area (Å²) in [5.41, 5.74) is -2.20. The average molecular weight is 583 g/mol. The minimum absolute atomic E-state index is 0.0635. The van der Waals surface area contributed by atoms with Crippen molar-refractivity contribution >= 4 is 35.0 Å². The number of thiazole rings is 1. The topological polar surface area (TPSA) is 88.4 Å². The molecule has 3 aromatic rings. The van der Waals surface area contributed by atoms with Crippen molar-refractivity contribution in [2.24, 2.45) is 4.99 Å². The Morgan fingerprint density at radius 1 is 1.10 bits per heavy atom. The van der Waals surface area contributed by atoms with Crippen LogP contribution in [0.5, 0.6) is 17.2 Å². The Labute approximate surface area is 229 Å². The van der Waals surface area contributed by atoms with Crippen molar-refractivity contribution in [1.82, 2.24) is 4.57 Å². The number of carbonyl (C=O) groups excluding carboxylic acids is 1. The number of methoxy groups -OCH3 is 3. The summed E-state index contributed by atoms with van der Waals surface area (Å²) in [7, 11) is 4.29. The fourth-order valence-electron chi connectivity index (χ4n) is 4.14. The van der Waals surface area contributed by atoms with Crippen molar-refractivity contribution in [1.29, 1.82) is 0 Å². The normalized spacial score (nSPS) is 15.5. The molecule has 1 aliphatic rings. The molecular weight excluding hydrogens is 561 g/mol. The predicted octanol–water partition coefficient (Wildman–Crippen LogP) is 4.02. The van der Waals surface area contributed by atoms with Crippen LogP contribution in [0.3, 0.4) is 0 Å². The number of hydrogen-bond donors (Lipinski definition) is 0. The lowest BCUT2D eigenvalue weighted by Gasteiger charge is -2.26. The van der Waals surface area contributed by atoms with Crippen LogP contribution < -0.4 is 29.1 Å². The number of allylic oxidation sites excluding steroid dienone is 1. The van der Waals surface area contributed by atoms with Crippen LogP contribution >= 0.6 is 22.9 Å². The van der Waals surface area contributed by atoms with Gasteiger partial charge in [-0.3, -0.25) is 9.36 Å². The van der Waals surface area contributed by atoms with Crippen LogP contribution in [0.4, 0.5) is 13.2 Å². The lowest BCUT2D eigenvalue weighted by atomic mass is 9.95. The lowest BCUT2D eigenvalue weighted by Crippen LogP contribution is -2.41. The van der Waals surface area contributed by atoms with Crippen LogP contribution in [0.15, 0.2) is 57.5 Å². The van der Waals surface area contributed by atoms with Gasteiger partial charge in [0.2, 0.25) is 5.75 Å². The second-order valence-electron chi connectivity index (χ2n) is 8.07. The number of esters is 1. The molecule has 0 fully saturated rings. The average Bonchev–Trinajstić information content (AvgIpc) is 3.21. The number of fused-ring (bicyclic) bond motifs is 1. The zero-order valence-corrected chi connectivity index (χ0v) is 22.7. The molecule has 0 amide bonds. The maximum atomic E-state index is 14.2. The van der Waals surface area contributed by atoms with E-state index in [1.807, 2.05) is 0 Å². The standard InChI is InChI=1S/C26H22ClF3N2O6S/c1-5-38-24(34)19-20(14-6-8-15(27)9-7-14)32-23(33)18(39-25(32)31-22(19)26(28,29)30)12-13-10-16(35-2)21(37-4)17(11-13)36-3/h6-12,20H,5H2,1-4H3. The van der Waals surface area contributed by atoms with Crippen LogP contribution in [0.2, 0.25) is 5.02 Å². The van der Waals surface area contributed by atoms with Gasteiger partial charge in [-0.1, -0.05) is 35.1 Å². The molecule has 0 saturated carbocycles. The summed E-state index contributed by atoms with van der Waals surface area (Å²) in [5.74, 6) is -0.263. The molecule has 0 saturated heterocycles. The Balaban J connectivity index is 2.03. The Kier molecular flexibility index (Phi) is 8.07. The van der Waals surface area contributed by atoms with Crippen molar-refractivity contribution in [3.63, 3.8) is 0 Å². The number of ether oxygens (including phenoxy) is 4. The molecule has 1 atom stereocenters. The van der Waals surface area contributed by atoms with E-state index in [1.54, 1.807) is 12.1 Å². The van der Waals surface area contributed by atoms with Crippen LogP contribution in [-0.4, -0.2) is 44.6 Å². The van der Waals surface area contributed by atoms with E-state index in [2.05, 4.69) is 4.99 Å². The van der Waals surface area contributed by atoms with Crippen molar-refractivity contribution in [3.05, 3.63) is 83.5 Å². The summed E-state index contributed by atoms with van der Waals surface area (Å²) < 4.78 is 64.8. The number of aromatic nitrogens is 1. The Morgan fingerprint density at radius 3 is 2.23 bits per heavy atom.